The largest absolute Gasteiger partial charge is 0.381 e. The molecule has 0 bridgehead atoms. The molecule has 0 atom stereocenters. The Hall–Kier alpha value is -0.640. The summed E-state index contributed by atoms with van der Waals surface area (Å²) in [7, 11) is 0. The smallest absolute Gasteiger partial charge is 0.0624 e. The van der Waals surface area contributed by atoms with Crippen molar-refractivity contribution >= 4 is 11.6 Å². The van der Waals surface area contributed by atoms with Gasteiger partial charge in [0, 0.05) is 30.9 Å². The average molecular weight is 337 g/mol. The van der Waals surface area contributed by atoms with Crippen LogP contribution in [0, 0.1) is 5.92 Å². The first-order valence-electron chi connectivity index (χ1n) is 9.09. The Morgan fingerprint density at radius 2 is 2.00 bits per heavy atom. The van der Waals surface area contributed by atoms with Gasteiger partial charge >= 0.3 is 0 Å². The van der Waals surface area contributed by atoms with Crippen LogP contribution < -0.4 is 5.32 Å². The Bertz CT molecular complexity index is 494. The molecule has 1 aliphatic heterocycles. The fourth-order valence-corrected chi connectivity index (χ4v) is 4.28. The minimum Gasteiger partial charge on any atom is -0.381 e. The van der Waals surface area contributed by atoms with E-state index in [4.69, 9.17) is 16.3 Å². The van der Waals surface area contributed by atoms with E-state index in [1.165, 1.54) is 32.1 Å². The molecule has 0 spiro atoms. The van der Waals surface area contributed by atoms with E-state index in [2.05, 4.69) is 17.2 Å². The van der Waals surface area contributed by atoms with Crippen LogP contribution >= 0.6 is 11.6 Å². The minimum absolute atomic E-state index is 0.289. The third-order valence-corrected chi connectivity index (χ3v) is 6.04. The molecule has 0 radical (unpaired) electrons. The van der Waals surface area contributed by atoms with Gasteiger partial charge in [0.2, 0.25) is 0 Å². The van der Waals surface area contributed by atoms with E-state index in [0.717, 1.165) is 49.2 Å². The van der Waals surface area contributed by atoms with Crippen LogP contribution in [0.25, 0.3) is 0 Å². The van der Waals surface area contributed by atoms with Gasteiger partial charge < -0.3 is 10.1 Å². The summed E-state index contributed by atoms with van der Waals surface area (Å²) in [4.78, 5) is 4.50. The summed E-state index contributed by atoms with van der Waals surface area (Å²) in [6, 6.07) is 3.88. The average Bonchev–Trinajstić information content (AvgIpc) is 2.57. The Labute approximate surface area is 145 Å². The molecule has 0 unspecified atom stereocenters. The van der Waals surface area contributed by atoms with Gasteiger partial charge in [0.05, 0.1) is 10.7 Å². The van der Waals surface area contributed by atoms with E-state index in [-0.39, 0.29) is 5.54 Å². The lowest BCUT2D eigenvalue weighted by atomic mass is 9.79. The van der Waals surface area contributed by atoms with E-state index in [9.17, 15) is 0 Å². The van der Waals surface area contributed by atoms with Crippen molar-refractivity contribution < 1.29 is 4.74 Å². The topological polar surface area (TPSA) is 34.2 Å². The minimum atomic E-state index is 0.289. The van der Waals surface area contributed by atoms with Crippen molar-refractivity contribution in [2.24, 2.45) is 5.92 Å². The Kier molecular flexibility index (Phi) is 5.95. The summed E-state index contributed by atoms with van der Waals surface area (Å²) in [5.74, 6) is 1.41. The van der Waals surface area contributed by atoms with E-state index in [1.54, 1.807) is 0 Å². The molecule has 3 nitrogen and oxygen atoms in total. The van der Waals surface area contributed by atoms with Crippen LogP contribution in [0.5, 0.6) is 0 Å². The van der Waals surface area contributed by atoms with E-state index in [0.29, 0.717) is 5.92 Å². The second kappa shape index (κ2) is 7.96. The zero-order valence-electron chi connectivity index (χ0n) is 14.2. The second-order valence-electron chi connectivity index (χ2n) is 7.48. The molecule has 2 heterocycles. The van der Waals surface area contributed by atoms with E-state index >= 15 is 0 Å². The predicted octanol–water partition coefficient (Wildman–Crippen LogP) is 4.56. The number of pyridine rings is 1. The molecule has 4 heteroatoms. The third-order valence-electron chi connectivity index (χ3n) is 5.72. The first-order chi connectivity index (χ1) is 11.2. The van der Waals surface area contributed by atoms with Crippen molar-refractivity contribution in [3.63, 3.8) is 0 Å². The molecule has 1 aliphatic carbocycles. The molecule has 1 saturated carbocycles. The number of nitrogens with one attached hydrogen (secondary N) is 1. The first-order valence-corrected chi connectivity index (χ1v) is 9.47. The monoisotopic (exact) mass is 336 g/mol. The number of hydrogen-bond acceptors (Lipinski definition) is 3. The van der Waals surface area contributed by atoms with Crippen LogP contribution in [-0.2, 0) is 4.74 Å². The van der Waals surface area contributed by atoms with Crippen molar-refractivity contribution in [1.82, 2.24) is 10.3 Å². The summed E-state index contributed by atoms with van der Waals surface area (Å²) < 4.78 is 5.47. The summed E-state index contributed by atoms with van der Waals surface area (Å²) in [5, 5.41) is 4.62. The van der Waals surface area contributed by atoms with Gasteiger partial charge in [-0.25, -0.2) is 0 Å². The number of ether oxygens (including phenoxy) is 1. The molecular formula is C19H29ClN2O. The number of aromatic nitrogens is 1. The maximum atomic E-state index is 6.30. The maximum absolute atomic E-state index is 6.30. The number of rotatable bonds is 5. The van der Waals surface area contributed by atoms with Crippen LogP contribution in [0.4, 0.5) is 0 Å². The van der Waals surface area contributed by atoms with E-state index in [1.807, 2.05) is 18.3 Å². The van der Waals surface area contributed by atoms with Gasteiger partial charge in [0.25, 0.3) is 0 Å². The highest BCUT2D eigenvalue weighted by Crippen LogP contribution is 2.38. The lowest BCUT2D eigenvalue weighted by molar-refractivity contribution is 0.0446. The van der Waals surface area contributed by atoms with Crippen molar-refractivity contribution in [2.75, 3.05) is 19.8 Å². The number of halogens is 1. The maximum Gasteiger partial charge on any atom is 0.0624 e. The van der Waals surface area contributed by atoms with Crippen LogP contribution in [0.2, 0.25) is 5.02 Å². The van der Waals surface area contributed by atoms with Gasteiger partial charge in [-0.3, -0.25) is 4.98 Å². The Balaban J connectivity index is 1.40. The van der Waals surface area contributed by atoms with Crippen molar-refractivity contribution in [2.45, 2.75) is 63.3 Å². The number of nitrogens with zero attached hydrogens (tertiary/aromatic N) is 1. The quantitative estimate of drug-likeness (QED) is 0.856. The standard InChI is InChI=1S/C19H29ClN2O/c1-19(9-13-23-14-10-19)22-12-8-15-4-6-16(7-5-15)18-17(20)3-2-11-21-18/h2-3,11,15-16,22H,4-10,12-14H2,1H3. The molecule has 128 valence electrons. The van der Waals surface area contributed by atoms with Gasteiger partial charge in [-0.05, 0) is 76.5 Å². The highest BCUT2D eigenvalue weighted by Gasteiger charge is 2.28. The van der Waals surface area contributed by atoms with Crippen LogP contribution in [0.3, 0.4) is 0 Å². The zero-order valence-corrected chi connectivity index (χ0v) is 14.9. The molecule has 1 aromatic rings. The van der Waals surface area contributed by atoms with Crippen molar-refractivity contribution in [1.29, 1.82) is 0 Å². The first kappa shape index (κ1) is 17.2. The van der Waals surface area contributed by atoms with Gasteiger partial charge in [-0.15, -0.1) is 0 Å². The number of hydrogen-bond donors (Lipinski definition) is 1. The van der Waals surface area contributed by atoms with Crippen LogP contribution in [0.15, 0.2) is 18.3 Å². The van der Waals surface area contributed by atoms with Crippen molar-refractivity contribution in [3.8, 4) is 0 Å². The molecule has 1 saturated heterocycles. The summed E-state index contributed by atoms with van der Waals surface area (Å²) >= 11 is 6.30. The highest BCUT2D eigenvalue weighted by atomic mass is 35.5. The highest BCUT2D eigenvalue weighted by molar-refractivity contribution is 6.31. The molecule has 3 rings (SSSR count). The molecule has 23 heavy (non-hydrogen) atoms. The second-order valence-corrected chi connectivity index (χ2v) is 7.88. The lowest BCUT2D eigenvalue weighted by Gasteiger charge is -2.36. The normalized spacial score (nSPS) is 27.7. The Morgan fingerprint density at radius 3 is 2.70 bits per heavy atom. The molecule has 2 fully saturated rings. The van der Waals surface area contributed by atoms with Gasteiger partial charge in [0.1, 0.15) is 0 Å². The summed E-state index contributed by atoms with van der Waals surface area (Å²) in [6.07, 6.45) is 10.5. The molecule has 0 amide bonds. The van der Waals surface area contributed by atoms with E-state index < -0.39 is 0 Å². The lowest BCUT2D eigenvalue weighted by Crippen LogP contribution is -2.47. The third kappa shape index (κ3) is 4.68. The van der Waals surface area contributed by atoms with Gasteiger partial charge in [-0.2, -0.15) is 0 Å². The summed E-state index contributed by atoms with van der Waals surface area (Å²) in [6.45, 7) is 5.28. The predicted molar refractivity (Wildman–Crippen MR) is 95.0 cm³/mol. The fraction of sp³-hybridized carbons (Fsp3) is 0.737. The molecule has 1 aromatic heterocycles. The van der Waals surface area contributed by atoms with Crippen LogP contribution in [-0.4, -0.2) is 30.3 Å². The fourth-order valence-electron chi connectivity index (χ4n) is 4.00. The molecule has 1 N–H and O–H groups in total. The molecular weight excluding hydrogens is 308 g/mol. The van der Waals surface area contributed by atoms with Gasteiger partial charge in [0.15, 0.2) is 0 Å². The summed E-state index contributed by atoms with van der Waals surface area (Å²) in [5.41, 5.74) is 1.40. The van der Waals surface area contributed by atoms with Crippen LogP contribution in [0.1, 0.15) is 63.5 Å². The SMILES string of the molecule is CC1(NCCC2CCC(c3ncccc3Cl)CC2)CCOCC1. The molecule has 0 aromatic carbocycles. The van der Waals surface area contributed by atoms with Crippen molar-refractivity contribution in [3.05, 3.63) is 29.0 Å². The Morgan fingerprint density at radius 1 is 1.26 bits per heavy atom. The van der Waals surface area contributed by atoms with Gasteiger partial charge in [-0.1, -0.05) is 11.6 Å². The molecule has 2 aliphatic rings. The zero-order chi connectivity index (χ0) is 16.1.